The summed E-state index contributed by atoms with van der Waals surface area (Å²) in [7, 11) is 0. The number of carbonyl (C=O) groups excluding carboxylic acids is 1. The van der Waals surface area contributed by atoms with Crippen LogP contribution in [-0.2, 0) is 5.41 Å². The number of piperazine rings is 1. The van der Waals surface area contributed by atoms with E-state index in [0.29, 0.717) is 6.67 Å². The largest absolute Gasteiger partial charge is 0.339 e. The van der Waals surface area contributed by atoms with Crippen LogP contribution in [-0.4, -0.2) is 43.7 Å². The van der Waals surface area contributed by atoms with Crippen molar-refractivity contribution < 1.29 is 4.79 Å². The molecule has 0 radical (unpaired) electrons. The van der Waals surface area contributed by atoms with Gasteiger partial charge in [-0.2, -0.15) is 0 Å². The molecule has 2 N–H and O–H groups in total. The maximum absolute atomic E-state index is 12.1. The van der Waals surface area contributed by atoms with Gasteiger partial charge in [0.25, 0.3) is 5.91 Å². The molecule has 1 amide bonds. The average Bonchev–Trinajstić information content (AvgIpc) is 2.45. The van der Waals surface area contributed by atoms with Crippen LogP contribution in [0.2, 0.25) is 0 Å². The molecular formula is C16H25N3O. The van der Waals surface area contributed by atoms with Gasteiger partial charge in [0, 0.05) is 31.7 Å². The van der Waals surface area contributed by atoms with Crippen LogP contribution in [0.4, 0.5) is 0 Å². The molecular weight excluding hydrogens is 250 g/mol. The van der Waals surface area contributed by atoms with Crippen LogP contribution < -0.4 is 10.6 Å². The molecule has 0 aromatic heterocycles. The number of amides is 1. The van der Waals surface area contributed by atoms with Crippen molar-refractivity contribution in [1.82, 2.24) is 15.5 Å². The van der Waals surface area contributed by atoms with Crippen LogP contribution in [0.15, 0.2) is 24.3 Å². The van der Waals surface area contributed by atoms with E-state index in [9.17, 15) is 4.79 Å². The van der Waals surface area contributed by atoms with E-state index in [4.69, 9.17) is 0 Å². The maximum atomic E-state index is 12.1. The van der Waals surface area contributed by atoms with Gasteiger partial charge in [-0.25, -0.2) is 0 Å². The van der Waals surface area contributed by atoms with Crippen LogP contribution in [0.5, 0.6) is 0 Å². The third kappa shape index (κ3) is 4.05. The van der Waals surface area contributed by atoms with E-state index in [1.807, 2.05) is 24.3 Å². The van der Waals surface area contributed by atoms with Gasteiger partial charge in [-0.15, -0.1) is 0 Å². The summed E-state index contributed by atoms with van der Waals surface area (Å²) < 4.78 is 0. The summed E-state index contributed by atoms with van der Waals surface area (Å²) in [6.07, 6.45) is 0. The highest BCUT2D eigenvalue weighted by molar-refractivity contribution is 5.94. The molecule has 1 saturated heterocycles. The Hall–Kier alpha value is -1.39. The lowest BCUT2D eigenvalue weighted by molar-refractivity contribution is 0.0917. The van der Waals surface area contributed by atoms with Gasteiger partial charge >= 0.3 is 0 Å². The van der Waals surface area contributed by atoms with E-state index in [2.05, 4.69) is 36.3 Å². The molecule has 0 spiro atoms. The van der Waals surface area contributed by atoms with E-state index in [-0.39, 0.29) is 11.3 Å². The third-order valence-electron chi connectivity index (χ3n) is 3.69. The summed E-state index contributed by atoms with van der Waals surface area (Å²) in [5.74, 6) is 0.00370. The zero-order valence-corrected chi connectivity index (χ0v) is 12.7. The Morgan fingerprint density at radius 1 is 1.20 bits per heavy atom. The monoisotopic (exact) mass is 275 g/mol. The number of hydrogen-bond acceptors (Lipinski definition) is 3. The minimum absolute atomic E-state index is 0.00370. The minimum Gasteiger partial charge on any atom is -0.339 e. The summed E-state index contributed by atoms with van der Waals surface area (Å²) in [5, 5.41) is 6.29. The molecule has 4 heteroatoms. The number of benzene rings is 1. The Kier molecular flexibility index (Phi) is 4.78. The molecule has 4 nitrogen and oxygen atoms in total. The number of nitrogens with one attached hydrogen (secondary N) is 2. The molecule has 0 unspecified atom stereocenters. The molecule has 1 fully saturated rings. The van der Waals surface area contributed by atoms with Crippen molar-refractivity contribution >= 4 is 5.91 Å². The van der Waals surface area contributed by atoms with Crippen LogP contribution in [0, 0.1) is 0 Å². The average molecular weight is 275 g/mol. The Labute approximate surface area is 121 Å². The Morgan fingerprint density at radius 3 is 2.35 bits per heavy atom. The lowest BCUT2D eigenvalue weighted by atomic mass is 9.87. The van der Waals surface area contributed by atoms with E-state index in [1.165, 1.54) is 5.56 Å². The predicted molar refractivity (Wildman–Crippen MR) is 81.9 cm³/mol. The van der Waals surface area contributed by atoms with Gasteiger partial charge in [0.15, 0.2) is 0 Å². The number of rotatable bonds is 3. The standard InChI is InChI=1S/C16H25N3O/c1-16(2,3)14-6-4-13(5-7-14)15(20)18-12-19-10-8-17-9-11-19/h4-7,17H,8-12H2,1-3H3,(H,18,20). The molecule has 1 aliphatic heterocycles. The summed E-state index contributed by atoms with van der Waals surface area (Å²) in [4.78, 5) is 14.3. The summed E-state index contributed by atoms with van der Waals surface area (Å²) >= 11 is 0. The van der Waals surface area contributed by atoms with Crippen LogP contribution in [0.3, 0.4) is 0 Å². The summed E-state index contributed by atoms with van der Waals surface area (Å²) in [6, 6.07) is 7.90. The molecule has 0 bridgehead atoms. The molecule has 0 saturated carbocycles. The highest BCUT2D eigenvalue weighted by Crippen LogP contribution is 2.22. The molecule has 0 atom stereocenters. The third-order valence-corrected chi connectivity index (χ3v) is 3.69. The van der Waals surface area contributed by atoms with Crippen molar-refractivity contribution in [2.24, 2.45) is 0 Å². The molecule has 110 valence electrons. The molecule has 20 heavy (non-hydrogen) atoms. The van der Waals surface area contributed by atoms with Crippen molar-refractivity contribution in [2.75, 3.05) is 32.8 Å². The van der Waals surface area contributed by atoms with Gasteiger partial charge in [-0.05, 0) is 23.1 Å². The van der Waals surface area contributed by atoms with Gasteiger partial charge < -0.3 is 10.6 Å². The molecule has 1 aliphatic rings. The van der Waals surface area contributed by atoms with Crippen LogP contribution >= 0.6 is 0 Å². The number of hydrogen-bond donors (Lipinski definition) is 2. The van der Waals surface area contributed by atoms with E-state index in [1.54, 1.807) is 0 Å². The van der Waals surface area contributed by atoms with Gasteiger partial charge in [-0.1, -0.05) is 32.9 Å². The second kappa shape index (κ2) is 6.37. The number of nitrogens with zero attached hydrogens (tertiary/aromatic N) is 1. The fourth-order valence-electron chi connectivity index (χ4n) is 2.28. The lowest BCUT2D eigenvalue weighted by Crippen LogP contribution is -2.48. The molecule has 0 aliphatic carbocycles. The van der Waals surface area contributed by atoms with Crippen LogP contribution in [0.1, 0.15) is 36.7 Å². The predicted octanol–water partition coefficient (Wildman–Crippen LogP) is 1.58. The van der Waals surface area contributed by atoms with Crippen molar-refractivity contribution in [3.05, 3.63) is 35.4 Å². The van der Waals surface area contributed by atoms with Crippen molar-refractivity contribution in [1.29, 1.82) is 0 Å². The van der Waals surface area contributed by atoms with Crippen molar-refractivity contribution in [3.8, 4) is 0 Å². The first-order valence-electron chi connectivity index (χ1n) is 7.28. The first-order valence-corrected chi connectivity index (χ1v) is 7.28. The van der Waals surface area contributed by atoms with Crippen molar-refractivity contribution in [3.63, 3.8) is 0 Å². The first kappa shape index (κ1) is 15.0. The summed E-state index contributed by atoms with van der Waals surface area (Å²) in [5.41, 5.74) is 2.10. The quantitative estimate of drug-likeness (QED) is 0.880. The Bertz CT molecular complexity index is 442. The van der Waals surface area contributed by atoms with Gasteiger partial charge in [0.05, 0.1) is 6.67 Å². The minimum atomic E-state index is 0.00370. The normalized spacial score (nSPS) is 16.9. The fourth-order valence-corrected chi connectivity index (χ4v) is 2.28. The smallest absolute Gasteiger partial charge is 0.252 e. The second-order valence-corrected chi connectivity index (χ2v) is 6.36. The molecule has 1 heterocycles. The fraction of sp³-hybridized carbons (Fsp3) is 0.562. The molecule has 1 aromatic rings. The molecule has 1 aromatic carbocycles. The highest BCUT2D eigenvalue weighted by Gasteiger charge is 2.15. The molecule has 2 rings (SSSR count). The topological polar surface area (TPSA) is 44.4 Å². The summed E-state index contributed by atoms with van der Waals surface area (Å²) in [6.45, 7) is 11.1. The zero-order chi connectivity index (χ0) is 14.6. The second-order valence-electron chi connectivity index (χ2n) is 6.36. The van der Waals surface area contributed by atoms with Gasteiger partial charge in [-0.3, -0.25) is 9.69 Å². The van der Waals surface area contributed by atoms with E-state index >= 15 is 0 Å². The number of carbonyl (C=O) groups is 1. The highest BCUT2D eigenvalue weighted by atomic mass is 16.1. The van der Waals surface area contributed by atoms with E-state index < -0.39 is 0 Å². The van der Waals surface area contributed by atoms with Gasteiger partial charge in [0.1, 0.15) is 0 Å². The maximum Gasteiger partial charge on any atom is 0.252 e. The Morgan fingerprint density at radius 2 is 1.80 bits per heavy atom. The lowest BCUT2D eigenvalue weighted by Gasteiger charge is -2.27. The van der Waals surface area contributed by atoms with Gasteiger partial charge in [0.2, 0.25) is 0 Å². The van der Waals surface area contributed by atoms with Crippen LogP contribution in [0.25, 0.3) is 0 Å². The SMILES string of the molecule is CC(C)(C)c1ccc(C(=O)NCN2CCNCC2)cc1. The zero-order valence-electron chi connectivity index (χ0n) is 12.7. The first-order chi connectivity index (χ1) is 9.47. The van der Waals surface area contributed by atoms with Crippen molar-refractivity contribution in [2.45, 2.75) is 26.2 Å². The van der Waals surface area contributed by atoms with E-state index in [0.717, 1.165) is 31.7 Å². The Balaban J connectivity index is 1.89.